The van der Waals surface area contributed by atoms with Crippen molar-refractivity contribution in [1.29, 1.82) is 0 Å². The second kappa shape index (κ2) is 8.31. The van der Waals surface area contributed by atoms with Crippen LogP contribution in [-0.2, 0) is 11.2 Å². The quantitative estimate of drug-likeness (QED) is 0.606. The number of imidazole rings is 1. The van der Waals surface area contributed by atoms with Gasteiger partial charge >= 0.3 is 0 Å². The highest BCUT2D eigenvalue weighted by Gasteiger charge is 2.30. The zero-order valence-electron chi connectivity index (χ0n) is 15.4. The SMILES string of the molecule is Cc1[nH]c(SCC(=O)N2CCC[C@@H]2c2cccs2)nc1Cc1ccccc1. The standard InChI is InChI=1S/C21H23N3OS2/c1-15-17(13-16-7-3-2-4-8-16)23-21(22-15)27-14-20(25)24-11-5-9-18(24)19-10-6-12-26-19/h2-4,6-8,10,12,18H,5,9,11,13-14H2,1H3,(H,22,23)/t18-/m1/s1. The Kier molecular flexibility index (Phi) is 5.64. The number of nitrogens with one attached hydrogen (secondary N) is 1. The molecule has 6 heteroatoms. The van der Waals surface area contributed by atoms with Gasteiger partial charge in [-0.15, -0.1) is 11.3 Å². The fourth-order valence-corrected chi connectivity index (χ4v) is 5.25. The molecule has 0 bridgehead atoms. The number of hydrogen-bond donors (Lipinski definition) is 1. The Morgan fingerprint density at radius 1 is 1.30 bits per heavy atom. The van der Waals surface area contributed by atoms with Crippen LogP contribution in [0.2, 0.25) is 0 Å². The lowest BCUT2D eigenvalue weighted by molar-refractivity contribution is -0.129. The molecule has 1 aliphatic heterocycles. The maximum absolute atomic E-state index is 12.8. The molecule has 1 N–H and O–H groups in total. The summed E-state index contributed by atoms with van der Waals surface area (Å²) in [6.07, 6.45) is 2.96. The van der Waals surface area contributed by atoms with Crippen LogP contribution in [0.4, 0.5) is 0 Å². The molecule has 0 radical (unpaired) electrons. The van der Waals surface area contributed by atoms with Gasteiger partial charge in [0.15, 0.2) is 5.16 Å². The van der Waals surface area contributed by atoms with Crippen LogP contribution in [0.1, 0.15) is 40.7 Å². The van der Waals surface area contributed by atoms with Gasteiger partial charge in [0, 0.05) is 23.5 Å². The highest BCUT2D eigenvalue weighted by molar-refractivity contribution is 7.99. The summed E-state index contributed by atoms with van der Waals surface area (Å²) in [4.78, 5) is 24.2. The van der Waals surface area contributed by atoms with Crippen LogP contribution in [0.25, 0.3) is 0 Å². The first kappa shape index (κ1) is 18.3. The first-order valence-electron chi connectivity index (χ1n) is 9.26. The van der Waals surface area contributed by atoms with Crippen LogP contribution < -0.4 is 0 Å². The van der Waals surface area contributed by atoms with E-state index in [9.17, 15) is 4.79 Å². The van der Waals surface area contributed by atoms with Crippen molar-refractivity contribution in [2.24, 2.45) is 0 Å². The number of likely N-dealkylation sites (tertiary alicyclic amines) is 1. The number of hydrogen-bond acceptors (Lipinski definition) is 4. The summed E-state index contributed by atoms with van der Waals surface area (Å²) in [6, 6.07) is 14.8. The second-order valence-electron chi connectivity index (χ2n) is 6.83. The Morgan fingerprint density at radius 3 is 2.93 bits per heavy atom. The van der Waals surface area contributed by atoms with Crippen molar-refractivity contribution in [1.82, 2.24) is 14.9 Å². The fourth-order valence-electron chi connectivity index (χ4n) is 3.55. The highest BCUT2D eigenvalue weighted by Crippen LogP contribution is 2.35. The zero-order chi connectivity index (χ0) is 18.6. The Hall–Kier alpha value is -2.05. The predicted molar refractivity (Wildman–Crippen MR) is 111 cm³/mol. The van der Waals surface area contributed by atoms with Gasteiger partial charge in [0.2, 0.25) is 5.91 Å². The summed E-state index contributed by atoms with van der Waals surface area (Å²) in [6.45, 7) is 2.91. The molecule has 1 saturated heterocycles. The summed E-state index contributed by atoms with van der Waals surface area (Å²) in [7, 11) is 0. The summed E-state index contributed by atoms with van der Waals surface area (Å²) in [5, 5.41) is 2.92. The molecule has 1 atom stereocenters. The minimum Gasteiger partial charge on any atom is -0.337 e. The summed E-state index contributed by atoms with van der Waals surface area (Å²) in [5.74, 6) is 0.633. The monoisotopic (exact) mass is 397 g/mol. The minimum atomic E-state index is 0.203. The van der Waals surface area contributed by atoms with E-state index in [1.54, 1.807) is 11.3 Å². The predicted octanol–water partition coefficient (Wildman–Crippen LogP) is 4.83. The molecular weight excluding hydrogens is 374 g/mol. The molecule has 0 saturated carbocycles. The zero-order valence-corrected chi connectivity index (χ0v) is 17.0. The van der Waals surface area contributed by atoms with Crippen LogP contribution in [0.15, 0.2) is 53.0 Å². The van der Waals surface area contributed by atoms with Gasteiger partial charge in [-0.3, -0.25) is 4.79 Å². The largest absolute Gasteiger partial charge is 0.337 e. The Morgan fingerprint density at radius 2 is 2.15 bits per heavy atom. The number of rotatable bonds is 6. The van der Waals surface area contributed by atoms with Gasteiger partial charge in [0.25, 0.3) is 0 Å². The molecular formula is C21H23N3OS2. The first-order valence-corrected chi connectivity index (χ1v) is 11.1. The van der Waals surface area contributed by atoms with Crippen LogP contribution in [0.3, 0.4) is 0 Å². The molecule has 27 heavy (non-hydrogen) atoms. The summed E-state index contributed by atoms with van der Waals surface area (Å²) >= 11 is 3.25. The van der Waals surface area contributed by atoms with E-state index in [4.69, 9.17) is 4.98 Å². The number of aromatic nitrogens is 2. The third-order valence-electron chi connectivity index (χ3n) is 4.96. The van der Waals surface area contributed by atoms with Crippen LogP contribution in [-0.4, -0.2) is 33.1 Å². The van der Waals surface area contributed by atoms with Gasteiger partial charge in [-0.05, 0) is 36.8 Å². The van der Waals surface area contributed by atoms with Gasteiger partial charge < -0.3 is 9.88 Å². The van der Waals surface area contributed by atoms with Crippen molar-refractivity contribution in [3.63, 3.8) is 0 Å². The number of H-pyrrole nitrogens is 1. The van der Waals surface area contributed by atoms with Crippen LogP contribution in [0, 0.1) is 6.92 Å². The molecule has 1 aromatic carbocycles. The normalized spacial score (nSPS) is 16.8. The number of thioether (sulfide) groups is 1. The average molecular weight is 398 g/mol. The second-order valence-corrected chi connectivity index (χ2v) is 8.77. The van der Waals surface area contributed by atoms with Crippen molar-refractivity contribution < 1.29 is 4.79 Å². The molecule has 140 valence electrons. The molecule has 1 aliphatic rings. The average Bonchev–Trinajstić information content (AvgIpc) is 3.42. The molecule has 4 rings (SSSR count). The Bertz CT molecular complexity index is 890. The maximum Gasteiger partial charge on any atom is 0.233 e. The van der Waals surface area contributed by atoms with E-state index in [2.05, 4.69) is 34.6 Å². The van der Waals surface area contributed by atoms with E-state index >= 15 is 0 Å². The lowest BCUT2D eigenvalue weighted by Crippen LogP contribution is -2.31. The smallest absolute Gasteiger partial charge is 0.233 e. The summed E-state index contributed by atoms with van der Waals surface area (Å²) < 4.78 is 0. The van der Waals surface area contributed by atoms with Crippen molar-refractivity contribution >= 4 is 29.0 Å². The molecule has 3 heterocycles. The van der Waals surface area contributed by atoms with Crippen molar-refractivity contribution in [3.05, 3.63) is 69.7 Å². The van der Waals surface area contributed by atoms with E-state index in [-0.39, 0.29) is 11.9 Å². The summed E-state index contributed by atoms with van der Waals surface area (Å²) in [5.41, 5.74) is 3.37. The Labute approximate surface area is 168 Å². The molecule has 0 spiro atoms. The lowest BCUT2D eigenvalue weighted by atomic mass is 10.1. The van der Waals surface area contributed by atoms with Crippen molar-refractivity contribution in [2.75, 3.05) is 12.3 Å². The number of aromatic amines is 1. The molecule has 2 aromatic heterocycles. The number of thiophene rings is 1. The van der Waals surface area contributed by atoms with Crippen molar-refractivity contribution in [3.8, 4) is 0 Å². The van der Waals surface area contributed by atoms with Crippen LogP contribution in [0.5, 0.6) is 0 Å². The molecule has 1 fully saturated rings. The maximum atomic E-state index is 12.8. The number of nitrogens with zero attached hydrogens (tertiary/aromatic N) is 2. The molecule has 3 aromatic rings. The molecule has 0 aliphatic carbocycles. The van der Waals surface area contributed by atoms with E-state index in [0.29, 0.717) is 5.75 Å². The lowest BCUT2D eigenvalue weighted by Gasteiger charge is -2.23. The number of carbonyl (C=O) groups excluding carboxylic acids is 1. The van der Waals surface area contributed by atoms with Gasteiger partial charge in [0.05, 0.1) is 17.5 Å². The van der Waals surface area contributed by atoms with Gasteiger partial charge in [-0.1, -0.05) is 48.2 Å². The minimum absolute atomic E-state index is 0.203. The number of carbonyl (C=O) groups is 1. The number of benzene rings is 1. The Balaban J connectivity index is 1.37. The van der Waals surface area contributed by atoms with Gasteiger partial charge in [0.1, 0.15) is 0 Å². The van der Waals surface area contributed by atoms with Gasteiger partial charge in [-0.25, -0.2) is 4.98 Å². The first-order chi connectivity index (χ1) is 13.2. The van der Waals surface area contributed by atoms with E-state index in [0.717, 1.165) is 42.4 Å². The molecule has 4 nitrogen and oxygen atoms in total. The topological polar surface area (TPSA) is 49.0 Å². The third kappa shape index (κ3) is 4.28. The van der Waals surface area contributed by atoms with Gasteiger partial charge in [-0.2, -0.15) is 0 Å². The fraction of sp³-hybridized carbons (Fsp3) is 0.333. The van der Waals surface area contributed by atoms with E-state index < -0.39 is 0 Å². The van der Waals surface area contributed by atoms with Crippen molar-refractivity contribution in [2.45, 2.75) is 37.4 Å². The highest BCUT2D eigenvalue weighted by atomic mass is 32.2. The van der Waals surface area contributed by atoms with E-state index in [1.165, 1.54) is 22.2 Å². The number of amides is 1. The molecule has 0 unspecified atom stereocenters. The van der Waals surface area contributed by atoms with E-state index in [1.807, 2.05) is 30.0 Å². The third-order valence-corrected chi connectivity index (χ3v) is 6.79. The molecule has 1 amide bonds. The van der Waals surface area contributed by atoms with Crippen LogP contribution >= 0.6 is 23.1 Å². The number of aryl methyl sites for hydroxylation is 1.